The maximum absolute atomic E-state index is 13.4. The van der Waals surface area contributed by atoms with E-state index in [0.29, 0.717) is 10.6 Å². The van der Waals surface area contributed by atoms with Crippen LogP contribution in [0.3, 0.4) is 0 Å². The lowest BCUT2D eigenvalue weighted by Gasteiger charge is -2.16. The molecule has 0 radical (unpaired) electrons. The fraction of sp³-hybridized carbons (Fsp3) is 0.538. The molecule has 2 N–H and O–H groups in total. The van der Waals surface area contributed by atoms with Gasteiger partial charge in [0, 0.05) is 17.7 Å². The highest BCUT2D eigenvalue weighted by Crippen LogP contribution is 2.28. The minimum atomic E-state index is -0.454. The van der Waals surface area contributed by atoms with Crippen molar-refractivity contribution in [2.75, 3.05) is 13.2 Å². The molecule has 1 unspecified atom stereocenters. The molecule has 18 heavy (non-hydrogen) atoms. The van der Waals surface area contributed by atoms with Crippen LogP contribution in [-0.2, 0) is 0 Å². The van der Waals surface area contributed by atoms with Crippen LogP contribution < -0.4 is 5.32 Å². The average molecular weight is 294 g/mol. The van der Waals surface area contributed by atoms with Crippen LogP contribution in [0.1, 0.15) is 37.8 Å². The van der Waals surface area contributed by atoms with Crippen molar-refractivity contribution in [1.82, 2.24) is 5.32 Å². The van der Waals surface area contributed by atoms with Crippen molar-refractivity contribution in [3.05, 3.63) is 33.6 Å². The van der Waals surface area contributed by atoms with E-state index in [9.17, 15) is 4.39 Å². The van der Waals surface area contributed by atoms with Gasteiger partial charge < -0.3 is 10.4 Å². The summed E-state index contributed by atoms with van der Waals surface area (Å²) in [6, 6.07) is 2.77. The van der Waals surface area contributed by atoms with E-state index in [1.54, 1.807) is 0 Å². The maximum atomic E-state index is 13.4. The van der Waals surface area contributed by atoms with Gasteiger partial charge in [0.25, 0.3) is 0 Å². The van der Waals surface area contributed by atoms with Gasteiger partial charge in [-0.25, -0.2) is 4.39 Å². The Morgan fingerprint density at radius 1 is 1.22 bits per heavy atom. The van der Waals surface area contributed by atoms with E-state index in [-0.39, 0.29) is 17.7 Å². The third-order valence-corrected chi connectivity index (χ3v) is 3.41. The third kappa shape index (κ3) is 4.73. The second-order valence-corrected chi connectivity index (χ2v) is 5.06. The summed E-state index contributed by atoms with van der Waals surface area (Å²) in [6.07, 6.45) is 2.75. The Labute approximate surface area is 117 Å². The quantitative estimate of drug-likeness (QED) is 0.589. The summed E-state index contributed by atoms with van der Waals surface area (Å²) in [5.74, 6) is -0.454. The van der Waals surface area contributed by atoms with E-state index < -0.39 is 5.82 Å². The van der Waals surface area contributed by atoms with Crippen LogP contribution in [0.5, 0.6) is 0 Å². The first-order valence-electron chi connectivity index (χ1n) is 6.05. The van der Waals surface area contributed by atoms with Crippen molar-refractivity contribution < 1.29 is 9.50 Å². The van der Waals surface area contributed by atoms with Gasteiger partial charge in [0.1, 0.15) is 5.82 Å². The van der Waals surface area contributed by atoms with Crippen LogP contribution in [0, 0.1) is 5.82 Å². The first-order chi connectivity index (χ1) is 8.56. The molecule has 0 heterocycles. The highest BCUT2D eigenvalue weighted by atomic mass is 35.5. The van der Waals surface area contributed by atoms with Crippen molar-refractivity contribution in [2.24, 2.45) is 0 Å². The molecule has 0 saturated carbocycles. The van der Waals surface area contributed by atoms with E-state index in [4.69, 9.17) is 28.3 Å². The number of halogens is 3. The van der Waals surface area contributed by atoms with Crippen molar-refractivity contribution in [1.29, 1.82) is 0 Å². The Morgan fingerprint density at radius 3 is 2.61 bits per heavy atom. The van der Waals surface area contributed by atoms with Gasteiger partial charge in [0.05, 0.1) is 5.02 Å². The summed E-state index contributed by atoms with van der Waals surface area (Å²) < 4.78 is 13.4. The number of hydrogen-bond acceptors (Lipinski definition) is 2. The minimum absolute atomic E-state index is 0.0293. The van der Waals surface area contributed by atoms with E-state index in [1.807, 2.05) is 6.92 Å². The second-order valence-electron chi connectivity index (χ2n) is 4.25. The normalized spacial score (nSPS) is 12.7. The summed E-state index contributed by atoms with van der Waals surface area (Å²) >= 11 is 11.7. The van der Waals surface area contributed by atoms with Crippen LogP contribution in [0.4, 0.5) is 4.39 Å². The molecule has 0 aliphatic carbocycles. The molecule has 1 aromatic carbocycles. The molecular weight excluding hydrogens is 276 g/mol. The van der Waals surface area contributed by atoms with Crippen LogP contribution in [-0.4, -0.2) is 18.3 Å². The van der Waals surface area contributed by atoms with Crippen molar-refractivity contribution >= 4 is 23.2 Å². The summed E-state index contributed by atoms with van der Waals surface area (Å²) in [6.45, 7) is 2.96. The van der Waals surface area contributed by atoms with Gasteiger partial charge in [-0.1, -0.05) is 23.2 Å². The lowest BCUT2D eigenvalue weighted by atomic mass is 10.1. The average Bonchev–Trinajstić information content (AvgIpc) is 2.33. The maximum Gasteiger partial charge on any atom is 0.142 e. The molecule has 0 aliphatic rings. The number of nitrogens with one attached hydrogen (secondary N) is 1. The first kappa shape index (κ1) is 15.7. The third-order valence-electron chi connectivity index (χ3n) is 2.79. The highest BCUT2D eigenvalue weighted by Gasteiger charge is 2.12. The number of benzene rings is 1. The largest absolute Gasteiger partial charge is 0.396 e. The van der Waals surface area contributed by atoms with Gasteiger partial charge in [-0.15, -0.1) is 0 Å². The van der Waals surface area contributed by atoms with Gasteiger partial charge >= 0.3 is 0 Å². The first-order valence-corrected chi connectivity index (χ1v) is 6.80. The number of rotatable bonds is 7. The molecule has 0 fully saturated rings. The summed E-state index contributed by atoms with van der Waals surface area (Å²) in [4.78, 5) is 0. The van der Waals surface area contributed by atoms with Crippen molar-refractivity contribution in [3.8, 4) is 0 Å². The van der Waals surface area contributed by atoms with Gasteiger partial charge in [0.2, 0.25) is 0 Å². The van der Waals surface area contributed by atoms with E-state index in [2.05, 4.69) is 5.32 Å². The second kappa shape index (κ2) is 7.95. The molecule has 0 amide bonds. The van der Waals surface area contributed by atoms with Gasteiger partial charge in [-0.2, -0.15) is 0 Å². The molecule has 0 aliphatic heterocycles. The Hall–Kier alpha value is -0.350. The minimum Gasteiger partial charge on any atom is -0.396 e. The van der Waals surface area contributed by atoms with Gasteiger partial charge in [-0.05, 0) is 50.4 Å². The van der Waals surface area contributed by atoms with Crippen molar-refractivity contribution in [2.45, 2.75) is 32.2 Å². The fourth-order valence-corrected chi connectivity index (χ4v) is 2.26. The molecule has 0 spiro atoms. The molecule has 2 nitrogen and oxygen atoms in total. The fourth-order valence-electron chi connectivity index (χ4n) is 1.71. The summed E-state index contributed by atoms with van der Waals surface area (Å²) in [5, 5.41) is 12.4. The van der Waals surface area contributed by atoms with E-state index in [1.165, 1.54) is 12.1 Å². The lowest BCUT2D eigenvalue weighted by molar-refractivity contribution is 0.282. The zero-order valence-corrected chi connectivity index (χ0v) is 11.9. The molecule has 0 bridgehead atoms. The molecule has 0 saturated heterocycles. The Morgan fingerprint density at radius 2 is 1.94 bits per heavy atom. The topological polar surface area (TPSA) is 32.3 Å². The van der Waals surface area contributed by atoms with Crippen molar-refractivity contribution in [3.63, 3.8) is 0 Å². The Balaban J connectivity index is 2.51. The molecular formula is C13H18Cl2FNO. The Kier molecular flexibility index (Phi) is 6.94. The summed E-state index contributed by atoms with van der Waals surface area (Å²) in [5.41, 5.74) is 0.709. The van der Waals surface area contributed by atoms with Crippen LogP contribution in [0.25, 0.3) is 0 Å². The monoisotopic (exact) mass is 293 g/mol. The smallest absolute Gasteiger partial charge is 0.142 e. The number of aliphatic hydroxyl groups excluding tert-OH is 1. The van der Waals surface area contributed by atoms with Gasteiger partial charge in [0.15, 0.2) is 0 Å². The zero-order chi connectivity index (χ0) is 13.5. The van der Waals surface area contributed by atoms with E-state index in [0.717, 1.165) is 25.8 Å². The van der Waals surface area contributed by atoms with Crippen LogP contribution in [0.2, 0.25) is 10.0 Å². The molecule has 102 valence electrons. The van der Waals surface area contributed by atoms with Gasteiger partial charge in [-0.3, -0.25) is 0 Å². The number of aliphatic hydroxyl groups is 1. The van der Waals surface area contributed by atoms with Crippen LogP contribution >= 0.6 is 23.2 Å². The number of unbranched alkanes of at least 4 members (excludes halogenated alkanes) is 2. The number of hydrogen-bond donors (Lipinski definition) is 2. The standard InChI is InChI=1S/C13H18Cl2FNO/c1-9(17-5-3-2-4-6-18)10-7-13(16)12(15)8-11(10)14/h7-9,17-18H,2-6H2,1H3. The van der Waals surface area contributed by atoms with Crippen LogP contribution in [0.15, 0.2) is 12.1 Å². The Bertz CT molecular complexity index is 387. The highest BCUT2D eigenvalue weighted by molar-refractivity contribution is 6.35. The molecule has 1 atom stereocenters. The summed E-state index contributed by atoms with van der Waals surface area (Å²) in [7, 11) is 0. The SMILES string of the molecule is CC(NCCCCCO)c1cc(F)c(Cl)cc1Cl. The predicted molar refractivity (Wildman–Crippen MR) is 73.8 cm³/mol. The predicted octanol–water partition coefficient (Wildman–Crippen LogP) is 3.95. The lowest BCUT2D eigenvalue weighted by Crippen LogP contribution is -2.20. The zero-order valence-electron chi connectivity index (χ0n) is 10.3. The van der Waals surface area contributed by atoms with E-state index >= 15 is 0 Å². The molecule has 1 rings (SSSR count). The molecule has 1 aromatic rings. The molecule has 0 aromatic heterocycles. The molecule has 5 heteroatoms.